The molecule has 34 heavy (non-hydrogen) atoms. The predicted octanol–water partition coefficient (Wildman–Crippen LogP) is 13.2. The Morgan fingerprint density at radius 3 is 0.794 bits per heavy atom. The normalized spacial score (nSPS) is 12.6. The number of hydrogen-bond donors (Lipinski definition) is 0. The van der Waals surface area contributed by atoms with E-state index >= 15 is 0 Å². The summed E-state index contributed by atoms with van der Waals surface area (Å²) in [6.07, 6.45) is 41.3. The summed E-state index contributed by atoms with van der Waals surface area (Å²) in [6, 6.07) is 0. The van der Waals surface area contributed by atoms with Crippen LogP contribution < -0.4 is 0 Å². The average molecular weight is 479 g/mol. The molecule has 0 aromatic carbocycles. The summed E-state index contributed by atoms with van der Waals surface area (Å²) >= 11 is 0. The van der Waals surface area contributed by atoms with Crippen LogP contribution in [0.25, 0.3) is 0 Å². The molecule has 206 valence electrons. The molecule has 0 saturated carbocycles. The van der Waals surface area contributed by atoms with E-state index in [1.165, 1.54) is 180 Å². The van der Waals surface area contributed by atoms with Gasteiger partial charge in [0, 0.05) is 0 Å². The maximum Gasteiger partial charge on any atom is -0.0443 e. The van der Waals surface area contributed by atoms with Crippen molar-refractivity contribution in [1.82, 2.24) is 0 Å². The monoisotopic (exact) mass is 479 g/mol. The Labute approximate surface area is 219 Å². The summed E-state index contributed by atoms with van der Waals surface area (Å²) in [5.41, 5.74) is 0. The Hall–Kier alpha value is 0. The fraction of sp³-hybridized carbons (Fsp3) is 1.00. The molecule has 0 aliphatic rings. The topological polar surface area (TPSA) is 0 Å². The van der Waals surface area contributed by atoms with Gasteiger partial charge < -0.3 is 0 Å². The Kier molecular flexibility index (Phi) is 29.2. The third-order valence-electron chi connectivity index (χ3n) is 8.03. The largest absolute Gasteiger partial charge is 0.0654 e. The Bertz CT molecular complexity index is 344. The van der Waals surface area contributed by atoms with Crippen LogP contribution >= 0.6 is 0 Å². The lowest BCUT2D eigenvalue weighted by atomic mass is 9.95. The van der Waals surface area contributed by atoms with E-state index in [0.29, 0.717) is 0 Å². The first-order valence-corrected chi connectivity index (χ1v) is 16.7. The first-order chi connectivity index (χ1) is 16.7. The zero-order chi connectivity index (χ0) is 25.0. The van der Waals surface area contributed by atoms with Gasteiger partial charge in [0.15, 0.2) is 0 Å². The van der Waals surface area contributed by atoms with Crippen molar-refractivity contribution in [2.75, 3.05) is 0 Å². The molecular weight excluding hydrogens is 408 g/mol. The van der Waals surface area contributed by atoms with Gasteiger partial charge in [-0.15, -0.1) is 0 Å². The van der Waals surface area contributed by atoms with E-state index in [1.807, 2.05) is 0 Å². The minimum atomic E-state index is 0.895. The zero-order valence-electron chi connectivity index (χ0n) is 25.0. The Morgan fingerprint density at radius 1 is 0.294 bits per heavy atom. The van der Waals surface area contributed by atoms with E-state index in [1.54, 1.807) is 0 Å². The van der Waals surface area contributed by atoms with Gasteiger partial charge in [0.05, 0.1) is 0 Å². The Balaban J connectivity index is 3.14. The number of rotatable bonds is 29. The van der Waals surface area contributed by atoms with Crippen LogP contribution in [0.2, 0.25) is 0 Å². The van der Waals surface area contributed by atoms with Crippen LogP contribution in [-0.2, 0) is 0 Å². The summed E-state index contributed by atoms with van der Waals surface area (Å²) in [7, 11) is 0. The van der Waals surface area contributed by atoms with Gasteiger partial charge in [-0.25, -0.2) is 0 Å². The van der Waals surface area contributed by atoms with Crippen molar-refractivity contribution in [2.45, 2.75) is 207 Å². The molecule has 0 amide bonds. The maximum atomic E-state index is 2.50. The smallest absolute Gasteiger partial charge is 0.0443 e. The summed E-state index contributed by atoms with van der Waals surface area (Å²) in [5.74, 6) is 1.86. The van der Waals surface area contributed by atoms with Crippen molar-refractivity contribution in [2.24, 2.45) is 11.8 Å². The second kappa shape index (κ2) is 29.2. The molecule has 0 rings (SSSR count). The van der Waals surface area contributed by atoms with Crippen LogP contribution in [0, 0.1) is 11.8 Å². The minimum Gasteiger partial charge on any atom is -0.0654 e. The molecule has 0 aromatic rings. The van der Waals surface area contributed by atoms with E-state index in [0.717, 1.165) is 11.8 Å². The van der Waals surface area contributed by atoms with Gasteiger partial charge in [-0.05, 0) is 11.8 Å². The van der Waals surface area contributed by atoms with Crippen molar-refractivity contribution in [3.63, 3.8) is 0 Å². The third-order valence-corrected chi connectivity index (χ3v) is 8.03. The van der Waals surface area contributed by atoms with Gasteiger partial charge in [-0.1, -0.05) is 207 Å². The van der Waals surface area contributed by atoms with Crippen molar-refractivity contribution >= 4 is 0 Å². The van der Waals surface area contributed by atoms with E-state index in [9.17, 15) is 0 Å². The zero-order valence-corrected chi connectivity index (χ0v) is 25.0. The van der Waals surface area contributed by atoms with Crippen molar-refractivity contribution in [1.29, 1.82) is 0 Å². The summed E-state index contributed by atoms with van der Waals surface area (Å²) in [4.78, 5) is 0. The highest BCUT2D eigenvalue weighted by Crippen LogP contribution is 2.19. The molecule has 0 heterocycles. The van der Waals surface area contributed by atoms with E-state index in [-0.39, 0.29) is 0 Å². The van der Waals surface area contributed by atoms with Gasteiger partial charge in [-0.2, -0.15) is 0 Å². The molecule has 0 fully saturated rings. The highest BCUT2D eigenvalue weighted by molar-refractivity contribution is 4.56. The molecule has 0 N–H and O–H groups in total. The maximum absolute atomic E-state index is 2.50. The van der Waals surface area contributed by atoms with Crippen LogP contribution in [0.1, 0.15) is 207 Å². The molecule has 0 saturated heterocycles. The second-order valence-electron chi connectivity index (χ2n) is 12.4. The first kappa shape index (κ1) is 34.0. The number of hydrogen-bond acceptors (Lipinski definition) is 0. The molecule has 1 unspecified atom stereocenters. The highest BCUT2D eigenvalue weighted by Gasteiger charge is 2.02. The van der Waals surface area contributed by atoms with Gasteiger partial charge in [0.1, 0.15) is 0 Å². The van der Waals surface area contributed by atoms with Gasteiger partial charge in [-0.3, -0.25) is 0 Å². The molecule has 0 nitrogen and oxygen atoms in total. The Morgan fingerprint density at radius 2 is 0.529 bits per heavy atom. The molecular formula is C34H70. The van der Waals surface area contributed by atoms with Crippen LogP contribution in [0.15, 0.2) is 0 Å². The molecule has 0 radical (unpaired) electrons. The van der Waals surface area contributed by atoms with Crippen molar-refractivity contribution in [3.05, 3.63) is 0 Å². The summed E-state index contributed by atoms with van der Waals surface area (Å²) < 4.78 is 0. The molecule has 0 heteroatoms. The summed E-state index contributed by atoms with van der Waals surface area (Å²) in [6.45, 7) is 9.51. The lowest BCUT2D eigenvalue weighted by Gasteiger charge is -2.11. The standard InChI is InChI=1S/C34H70/c1-5-6-7-8-9-10-11-12-13-16-19-22-25-28-31-34(4)32-29-26-23-20-17-14-15-18-21-24-27-30-33(2)3/h33-34H,5-32H2,1-4H3. The summed E-state index contributed by atoms with van der Waals surface area (Å²) in [5, 5.41) is 0. The lowest BCUT2D eigenvalue weighted by molar-refractivity contribution is 0.429. The highest BCUT2D eigenvalue weighted by atomic mass is 14.1. The molecule has 0 bridgehead atoms. The minimum absolute atomic E-state index is 0.895. The van der Waals surface area contributed by atoms with Crippen LogP contribution in [0.4, 0.5) is 0 Å². The van der Waals surface area contributed by atoms with E-state index < -0.39 is 0 Å². The van der Waals surface area contributed by atoms with E-state index in [2.05, 4.69) is 27.7 Å². The molecule has 0 aliphatic carbocycles. The van der Waals surface area contributed by atoms with E-state index in [4.69, 9.17) is 0 Å². The molecule has 0 aliphatic heterocycles. The molecule has 0 aromatic heterocycles. The fourth-order valence-corrected chi connectivity index (χ4v) is 5.47. The second-order valence-corrected chi connectivity index (χ2v) is 12.4. The van der Waals surface area contributed by atoms with Gasteiger partial charge in [0.25, 0.3) is 0 Å². The lowest BCUT2D eigenvalue weighted by Crippen LogP contribution is -1.95. The van der Waals surface area contributed by atoms with Crippen LogP contribution in [0.3, 0.4) is 0 Å². The van der Waals surface area contributed by atoms with Gasteiger partial charge >= 0.3 is 0 Å². The predicted molar refractivity (Wildman–Crippen MR) is 159 cm³/mol. The van der Waals surface area contributed by atoms with Crippen molar-refractivity contribution in [3.8, 4) is 0 Å². The van der Waals surface area contributed by atoms with Gasteiger partial charge in [0.2, 0.25) is 0 Å². The van der Waals surface area contributed by atoms with Crippen LogP contribution in [-0.4, -0.2) is 0 Å². The SMILES string of the molecule is CCCCCCCCCCCCCCCCC(C)CCCCCCCCCCCCCC(C)C. The molecule has 0 spiro atoms. The third kappa shape index (κ3) is 30.0. The first-order valence-electron chi connectivity index (χ1n) is 16.7. The number of unbranched alkanes of at least 4 members (excludes halogenated alkanes) is 23. The average Bonchev–Trinajstić information content (AvgIpc) is 2.82. The molecule has 1 atom stereocenters. The fourth-order valence-electron chi connectivity index (χ4n) is 5.47. The van der Waals surface area contributed by atoms with Crippen LogP contribution in [0.5, 0.6) is 0 Å². The quantitative estimate of drug-likeness (QED) is 0.0937. The van der Waals surface area contributed by atoms with Crippen molar-refractivity contribution < 1.29 is 0 Å².